The van der Waals surface area contributed by atoms with E-state index < -0.39 is 0 Å². The lowest BCUT2D eigenvalue weighted by atomic mass is 10.0. The van der Waals surface area contributed by atoms with Gasteiger partial charge in [0.1, 0.15) is 0 Å². The lowest BCUT2D eigenvalue weighted by Crippen LogP contribution is -2.04. The van der Waals surface area contributed by atoms with Crippen LogP contribution in [0.5, 0.6) is 0 Å². The maximum Gasteiger partial charge on any atom is 0.0681 e. The van der Waals surface area contributed by atoms with E-state index in [1.54, 1.807) is 0 Å². The summed E-state index contributed by atoms with van der Waals surface area (Å²) in [6.45, 7) is 0. The molecule has 1 aliphatic heterocycles. The van der Waals surface area contributed by atoms with Gasteiger partial charge in [-0.3, -0.25) is 0 Å². The predicted octanol–water partition coefficient (Wildman–Crippen LogP) is 13.3. The molecule has 0 bridgehead atoms. The molecule has 1 aliphatic rings. The van der Waals surface area contributed by atoms with Crippen molar-refractivity contribution >= 4 is 55.4 Å². The third-order valence-corrected chi connectivity index (χ3v) is 11.6. The monoisotopic (exact) mass is 666 g/mol. The fourth-order valence-corrected chi connectivity index (χ4v) is 9.33. The van der Waals surface area contributed by atoms with E-state index >= 15 is 0 Å². The molecule has 0 saturated heterocycles. The summed E-state index contributed by atoms with van der Waals surface area (Å²) in [6, 6.07) is 66.6. The molecule has 10 aromatic rings. The van der Waals surface area contributed by atoms with Crippen molar-refractivity contribution in [2.24, 2.45) is 0 Å². The van der Waals surface area contributed by atoms with Crippen LogP contribution in [0.15, 0.2) is 192 Å². The van der Waals surface area contributed by atoms with Gasteiger partial charge in [-0.25, -0.2) is 0 Å². The van der Waals surface area contributed by atoms with Crippen LogP contribution in [0.4, 0.5) is 0 Å². The molecule has 3 heteroatoms. The van der Waals surface area contributed by atoms with Gasteiger partial charge in [0.2, 0.25) is 0 Å². The van der Waals surface area contributed by atoms with Crippen LogP contribution in [-0.4, -0.2) is 9.13 Å². The van der Waals surface area contributed by atoms with Crippen molar-refractivity contribution in [2.45, 2.75) is 9.79 Å². The van der Waals surface area contributed by atoms with Gasteiger partial charge in [-0.05, 0) is 82.4 Å². The Morgan fingerprint density at radius 3 is 1.57 bits per heavy atom. The second-order valence-corrected chi connectivity index (χ2v) is 14.4. The molecule has 51 heavy (non-hydrogen) atoms. The highest BCUT2D eigenvalue weighted by Crippen LogP contribution is 2.49. The minimum Gasteiger partial charge on any atom is -0.309 e. The summed E-state index contributed by atoms with van der Waals surface area (Å²) in [5, 5.41) is 5.11. The molecule has 238 valence electrons. The number of benzene rings is 8. The zero-order valence-electron chi connectivity index (χ0n) is 27.6. The lowest BCUT2D eigenvalue weighted by Gasteiger charge is -2.23. The lowest BCUT2D eigenvalue weighted by molar-refractivity contribution is 1.09. The number of para-hydroxylation sites is 3. The smallest absolute Gasteiger partial charge is 0.0681 e. The highest BCUT2D eigenvalue weighted by molar-refractivity contribution is 7.99. The van der Waals surface area contributed by atoms with Crippen LogP contribution in [0.25, 0.3) is 88.4 Å². The van der Waals surface area contributed by atoms with Crippen LogP contribution in [0, 0.1) is 0 Å². The van der Waals surface area contributed by atoms with Gasteiger partial charge in [0.05, 0.1) is 27.8 Å². The molecular formula is C48H30N2S. The van der Waals surface area contributed by atoms with Crippen LogP contribution in [0.3, 0.4) is 0 Å². The fraction of sp³-hybridized carbons (Fsp3) is 0. The Labute approximate surface area is 299 Å². The van der Waals surface area contributed by atoms with Gasteiger partial charge in [-0.2, -0.15) is 0 Å². The number of rotatable bonds is 4. The largest absolute Gasteiger partial charge is 0.309 e. The molecule has 0 N–H and O–H groups in total. The maximum absolute atomic E-state index is 2.50. The van der Waals surface area contributed by atoms with Crippen LogP contribution < -0.4 is 0 Å². The fourth-order valence-electron chi connectivity index (χ4n) is 8.20. The van der Waals surface area contributed by atoms with Crippen molar-refractivity contribution < 1.29 is 0 Å². The second-order valence-electron chi connectivity index (χ2n) is 13.3. The number of hydrogen-bond acceptors (Lipinski definition) is 1. The van der Waals surface area contributed by atoms with E-state index in [0.29, 0.717) is 0 Å². The first-order chi connectivity index (χ1) is 25.3. The topological polar surface area (TPSA) is 9.86 Å². The third kappa shape index (κ3) is 4.32. The standard InChI is InChI=1S/C48H30N2S/c1-3-11-31(12-4-1)34-23-27-43-40(29-34)41-30-35(32-13-5-2-6-14-32)24-28-44(41)49(43)36-25-21-33(22-26-36)37-16-9-19-45-47(37)50-42-18-8-7-15-38(42)39-17-10-20-46(51-45)48(39)50/h1-30H. The van der Waals surface area contributed by atoms with Crippen molar-refractivity contribution in [3.63, 3.8) is 0 Å². The molecule has 3 heterocycles. The van der Waals surface area contributed by atoms with E-state index in [2.05, 4.69) is 191 Å². The first-order valence-corrected chi connectivity index (χ1v) is 18.3. The van der Waals surface area contributed by atoms with Gasteiger partial charge in [-0.15, -0.1) is 0 Å². The first-order valence-electron chi connectivity index (χ1n) is 17.4. The Bertz CT molecular complexity index is 2870. The van der Waals surface area contributed by atoms with Crippen molar-refractivity contribution in [1.82, 2.24) is 9.13 Å². The molecule has 0 saturated carbocycles. The zero-order chi connectivity index (χ0) is 33.5. The zero-order valence-corrected chi connectivity index (χ0v) is 28.4. The molecule has 11 rings (SSSR count). The van der Waals surface area contributed by atoms with Crippen LogP contribution in [-0.2, 0) is 0 Å². The van der Waals surface area contributed by atoms with E-state index in [4.69, 9.17) is 0 Å². The second kappa shape index (κ2) is 11.1. The van der Waals surface area contributed by atoms with Crippen LogP contribution >= 0.6 is 11.8 Å². The predicted molar refractivity (Wildman–Crippen MR) is 216 cm³/mol. The first kappa shape index (κ1) is 28.5. The van der Waals surface area contributed by atoms with E-state index in [0.717, 1.165) is 5.69 Å². The number of aromatic nitrogens is 2. The summed E-state index contributed by atoms with van der Waals surface area (Å²) in [5.41, 5.74) is 14.7. The highest BCUT2D eigenvalue weighted by Gasteiger charge is 2.25. The Kier molecular flexibility index (Phi) is 6.22. The molecule has 0 radical (unpaired) electrons. The molecule has 2 aromatic heterocycles. The average molecular weight is 667 g/mol. The van der Waals surface area contributed by atoms with Gasteiger partial charge in [0, 0.05) is 42.6 Å². The highest BCUT2D eigenvalue weighted by atomic mass is 32.2. The normalized spacial score (nSPS) is 12.2. The van der Waals surface area contributed by atoms with E-state index in [-0.39, 0.29) is 0 Å². The van der Waals surface area contributed by atoms with Gasteiger partial charge in [0.25, 0.3) is 0 Å². The van der Waals surface area contributed by atoms with Crippen LogP contribution in [0.1, 0.15) is 0 Å². The number of hydrogen-bond donors (Lipinski definition) is 0. The summed E-state index contributed by atoms with van der Waals surface area (Å²) < 4.78 is 4.92. The van der Waals surface area contributed by atoms with Gasteiger partial charge >= 0.3 is 0 Å². The Balaban J connectivity index is 1.09. The van der Waals surface area contributed by atoms with Gasteiger partial charge < -0.3 is 9.13 Å². The SMILES string of the molecule is c1ccc(-c2ccc3c(c2)c2cc(-c4ccccc4)ccc2n3-c2ccc(-c3cccc4c3-n3c5ccccc5c5cccc(c53)S4)cc2)cc1. The molecule has 0 aliphatic carbocycles. The van der Waals surface area contributed by atoms with Crippen molar-refractivity contribution in [3.05, 3.63) is 182 Å². The molecule has 2 nitrogen and oxygen atoms in total. The van der Waals surface area contributed by atoms with Crippen LogP contribution in [0.2, 0.25) is 0 Å². The van der Waals surface area contributed by atoms with E-state index in [1.165, 1.54) is 92.5 Å². The van der Waals surface area contributed by atoms with Crippen molar-refractivity contribution in [2.75, 3.05) is 0 Å². The molecule has 0 unspecified atom stereocenters. The Morgan fingerprint density at radius 1 is 0.333 bits per heavy atom. The minimum absolute atomic E-state index is 1.15. The molecular weight excluding hydrogens is 637 g/mol. The summed E-state index contributed by atoms with van der Waals surface area (Å²) in [5.74, 6) is 0. The van der Waals surface area contributed by atoms with Crippen molar-refractivity contribution in [1.29, 1.82) is 0 Å². The molecule has 8 aromatic carbocycles. The Hall–Kier alpha value is -6.29. The average Bonchev–Trinajstić information content (AvgIpc) is 3.72. The maximum atomic E-state index is 2.50. The van der Waals surface area contributed by atoms with E-state index in [9.17, 15) is 0 Å². The summed E-state index contributed by atoms with van der Waals surface area (Å²) in [6.07, 6.45) is 0. The molecule has 0 fully saturated rings. The minimum atomic E-state index is 1.15. The van der Waals surface area contributed by atoms with Gasteiger partial charge in [-0.1, -0.05) is 139 Å². The molecule has 0 atom stereocenters. The summed E-state index contributed by atoms with van der Waals surface area (Å²) >= 11 is 1.88. The molecule has 0 spiro atoms. The number of fused-ring (bicyclic) bond motifs is 8. The van der Waals surface area contributed by atoms with E-state index in [1.807, 2.05) is 11.8 Å². The van der Waals surface area contributed by atoms with Gasteiger partial charge in [0.15, 0.2) is 0 Å². The summed E-state index contributed by atoms with van der Waals surface area (Å²) in [7, 11) is 0. The third-order valence-electron chi connectivity index (χ3n) is 10.5. The molecule has 0 amide bonds. The van der Waals surface area contributed by atoms with Crippen molar-refractivity contribution in [3.8, 4) is 44.8 Å². The number of nitrogens with zero attached hydrogens (tertiary/aromatic N) is 2. The quantitative estimate of drug-likeness (QED) is 0.182. The summed E-state index contributed by atoms with van der Waals surface area (Å²) in [4.78, 5) is 2.59. The Morgan fingerprint density at radius 2 is 0.882 bits per heavy atom.